The highest BCUT2D eigenvalue weighted by Gasteiger charge is 2.60. The molecule has 0 aromatic rings. The van der Waals surface area contributed by atoms with E-state index in [9.17, 15) is 20.2 Å². The Labute approximate surface area is 68.9 Å². The Kier molecular flexibility index (Phi) is 1.99. The van der Waals surface area contributed by atoms with E-state index >= 15 is 0 Å². The predicted molar refractivity (Wildman–Crippen MR) is 39.7 cm³/mol. The van der Waals surface area contributed by atoms with Crippen molar-refractivity contribution in [1.29, 1.82) is 0 Å². The van der Waals surface area contributed by atoms with Gasteiger partial charge in [0.05, 0.1) is 22.7 Å². The Morgan fingerprint density at radius 2 is 1.83 bits per heavy atom. The molecule has 0 spiro atoms. The van der Waals surface area contributed by atoms with E-state index in [0.717, 1.165) is 0 Å². The molecule has 0 bridgehead atoms. The SMILES string of the molecule is CC1CCC([N+](=O)[O-])([N+](=O)[O-])C1. The second kappa shape index (κ2) is 2.69. The molecule has 1 saturated carbocycles. The summed E-state index contributed by atoms with van der Waals surface area (Å²) in [6.07, 6.45) is 0.698. The minimum absolute atomic E-state index is 0.0625. The summed E-state index contributed by atoms with van der Waals surface area (Å²) < 4.78 is 0. The summed E-state index contributed by atoms with van der Waals surface area (Å²) in [4.78, 5) is 19.4. The van der Waals surface area contributed by atoms with Crippen molar-refractivity contribution < 1.29 is 9.85 Å². The minimum atomic E-state index is -1.89. The molecule has 0 aromatic carbocycles. The van der Waals surface area contributed by atoms with Crippen LogP contribution in [-0.4, -0.2) is 15.5 Å². The third-order valence-electron chi connectivity index (χ3n) is 2.39. The van der Waals surface area contributed by atoms with E-state index in [1.54, 1.807) is 6.92 Å². The van der Waals surface area contributed by atoms with E-state index < -0.39 is 15.5 Å². The maximum absolute atomic E-state index is 10.5. The van der Waals surface area contributed by atoms with Crippen molar-refractivity contribution in [2.75, 3.05) is 0 Å². The fraction of sp³-hybridized carbons (Fsp3) is 1.00. The van der Waals surface area contributed by atoms with Crippen molar-refractivity contribution in [3.05, 3.63) is 20.2 Å². The van der Waals surface area contributed by atoms with Crippen LogP contribution in [0.1, 0.15) is 26.2 Å². The van der Waals surface area contributed by atoms with Crippen LogP contribution in [0, 0.1) is 26.1 Å². The number of rotatable bonds is 2. The molecule has 1 aliphatic carbocycles. The van der Waals surface area contributed by atoms with Gasteiger partial charge in [-0.25, -0.2) is 0 Å². The molecule has 0 aliphatic heterocycles. The van der Waals surface area contributed by atoms with Gasteiger partial charge in [0.2, 0.25) is 0 Å². The van der Waals surface area contributed by atoms with Gasteiger partial charge in [-0.05, 0) is 12.3 Å². The normalized spacial score (nSPS) is 26.9. The molecule has 1 fully saturated rings. The third-order valence-corrected chi connectivity index (χ3v) is 2.39. The second-order valence-electron chi connectivity index (χ2n) is 3.34. The maximum atomic E-state index is 10.5. The van der Waals surface area contributed by atoms with Crippen molar-refractivity contribution in [3.63, 3.8) is 0 Å². The van der Waals surface area contributed by atoms with Gasteiger partial charge in [-0.3, -0.25) is 20.2 Å². The summed E-state index contributed by atoms with van der Waals surface area (Å²) in [6, 6.07) is 0. The zero-order valence-corrected chi connectivity index (χ0v) is 6.73. The molecule has 6 nitrogen and oxygen atoms in total. The van der Waals surface area contributed by atoms with Crippen molar-refractivity contribution in [3.8, 4) is 0 Å². The highest BCUT2D eigenvalue weighted by molar-refractivity contribution is 4.79. The zero-order chi connectivity index (χ0) is 9.35. The molecular weight excluding hydrogens is 164 g/mol. The van der Waals surface area contributed by atoms with Crippen LogP contribution in [0.2, 0.25) is 0 Å². The molecule has 0 heterocycles. The molecule has 0 radical (unpaired) electrons. The fourth-order valence-corrected chi connectivity index (χ4v) is 1.64. The molecule has 0 amide bonds. The monoisotopic (exact) mass is 174 g/mol. The Hall–Kier alpha value is -1.20. The largest absolute Gasteiger partial charge is 0.458 e. The molecule has 1 aliphatic rings. The van der Waals surface area contributed by atoms with Gasteiger partial charge in [-0.1, -0.05) is 6.92 Å². The lowest BCUT2D eigenvalue weighted by Crippen LogP contribution is -2.43. The van der Waals surface area contributed by atoms with E-state index in [2.05, 4.69) is 0 Å². The van der Waals surface area contributed by atoms with E-state index in [-0.39, 0.29) is 18.8 Å². The summed E-state index contributed by atoms with van der Waals surface area (Å²) in [5.74, 6) is 0.0841. The molecule has 68 valence electrons. The Morgan fingerprint density at radius 1 is 1.33 bits per heavy atom. The average Bonchev–Trinajstić information content (AvgIpc) is 2.32. The van der Waals surface area contributed by atoms with Gasteiger partial charge in [-0.2, -0.15) is 0 Å². The van der Waals surface area contributed by atoms with Gasteiger partial charge in [-0.15, -0.1) is 0 Å². The Balaban J connectivity index is 2.89. The van der Waals surface area contributed by atoms with Crippen LogP contribution in [0.25, 0.3) is 0 Å². The Morgan fingerprint density at radius 3 is 2.00 bits per heavy atom. The van der Waals surface area contributed by atoms with Crippen LogP contribution in [0.4, 0.5) is 0 Å². The summed E-state index contributed by atoms with van der Waals surface area (Å²) in [5.41, 5.74) is -1.89. The molecule has 0 aromatic heterocycles. The molecule has 0 saturated heterocycles. The molecule has 1 rings (SSSR count). The molecule has 1 atom stereocenters. The van der Waals surface area contributed by atoms with Crippen LogP contribution < -0.4 is 0 Å². The average molecular weight is 174 g/mol. The number of hydrogen-bond acceptors (Lipinski definition) is 4. The smallest absolute Gasteiger partial charge is 0.258 e. The second-order valence-corrected chi connectivity index (χ2v) is 3.34. The molecule has 1 unspecified atom stereocenters. The van der Waals surface area contributed by atoms with Gasteiger partial charge in [0.1, 0.15) is 0 Å². The predicted octanol–water partition coefficient (Wildman–Crippen LogP) is 1.06. The topological polar surface area (TPSA) is 86.3 Å². The maximum Gasteiger partial charge on any atom is 0.458 e. The lowest BCUT2D eigenvalue weighted by atomic mass is 10.1. The van der Waals surface area contributed by atoms with E-state index in [1.807, 2.05) is 0 Å². The Bertz CT molecular complexity index is 214. The van der Waals surface area contributed by atoms with Crippen LogP contribution >= 0.6 is 0 Å². The zero-order valence-electron chi connectivity index (χ0n) is 6.73. The summed E-state index contributed by atoms with van der Waals surface area (Å²) in [6.45, 7) is 1.80. The van der Waals surface area contributed by atoms with Crippen LogP contribution in [-0.2, 0) is 0 Å². The lowest BCUT2D eigenvalue weighted by Gasteiger charge is -2.10. The third kappa shape index (κ3) is 1.13. The molecule has 0 N–H and O–H groups in total. The first-order chi connectivity index (χ1) is 5.49. The van der Waals surface area contributed by atoms with Crippen molar-refractivity contribution in [2.45, 2.75) is 31.8 Å². The van der Waals surface area contributed by atoms with E-state index in [0.29, 0.717) is 6.42 Å². The first-order valence-electron chi connectivity index (χ1n) is 3.78. The molecular formula is C6H10N2O4. The van der Waals surface area contributed by atoms with E-state index in [4.69, 9.17) is 0 Å². The highest BCUT2D eigenvalue weighted by Crippen LogP contribution is 2.36. The van der Waals surface area contributed by atoms with Crippen LogP contribution in [0.3, 0.4) is 0 Å². The van der Waals surface area contributed by atoms with Crippen molar-refractivity contribution in [2.24, 2.45) is 5.92 Å². The summed E-state index contributed by atoms with van der Waals surface area (Å²) in [7, 11) is 0. The first-order valence-corrected chi connectivity index (χ1v) is 3.78. The first kappa shape index (κ1) is 8.89. The molecule has 6 heteroatoms. The quantitative estimate of drug-likeness (QED) is 0.355. The molecule has 12 heavy (non-hydrogen) atoms. The van der Waals surface area contributed by atoms with Crippen LogP contribution in [0.5, 0.6) is 0 Å². The van der Waals surface area contributed by atoms with Gasteiger partial charge in [0.15, 0.2) is 0 Å². The van der Waals surface area contributed by atoms with Gasteiger partial charge >= 0.3 is 5.66 Å². The highest BCUT2D eigenvalue weighted by atomic mass is 16.7. The van der Waals surface area contributed by atoms with Crippen molar-refractivity contribution in [1.82, 2.24) is 0 Å². The number of nitro groups is 2. The van der Waals surface area contributed by atoms with Gasteiger partial charge < -0.3 is 0 Å². The standard InChI is InChI=1S/C6H10N2O4/c1-5-2-3-6(4-5,7(9)10)8(11)12/h5H,2-4H2,1H3. The fourth-order valence-electron chi connectivity index (χ4n) is 1.64. The summed E-state index contributed by atoms with van der Waals surface area (Å²) in [5, 5.41) is 20.9. The minimum Gasteiger partial charge on any atom is -0.258 e. The summed E-state index contributed by atoms with van der Waals surface area (Å²) >= 11 is 0. The van der Waals surface area contributed by atoms with Crippen molar-refractivity contribution >= 4 is 0 Å². The van der Waals surface area contributed by atoms with E-state index in [1.165, 1.54) is 0 Å². The van der Waals surface area contributed by atoms with Gasteiger partial charge in [0, 0.05) is 0 Å². The number of hydrogen-bond donors (Lipinski definition) is 0. The van der Waals surface area contributed by atoms with Crippen LogP contribution in [0.15, 0.2) is 0 Å². The number of nitrogens with zero attached hydrogens (tertiary/aromatic N) is 2. The lowest BCUT2D eigenvalue weighted by molar-refractivity contribution is -0.795. The van der Waals surface area contributed by atoms with Gasteiger partial charge in [0.25, 0.3) is 0 Å².